The van der Waals surface area contributed by atoms with E-state index in [1.54, 1.807) is 11.1 Å². The van der Waals surface area contributed by atoms with Crippen LogP contribution in [0.25, 0.3) is 11.1 Å². The molecule has 1 aromatic heterocycles. The summed E-state index contributed by atoms with van der Waals surface area (Å²) >= 11 is 1.35. The second-order valence-electron chi connectivity index (χ2n) is 14.9. The maximum absolute atomic E-state index is 13.9. The van der Waals surface area contributed by atoms with Crippen LogP contribution in [0, 0.1) is 11.8 Å². The summed E-state index contributed by atoms with van der Waals surface area (Å²) in [6.45, 7) is 17.1. The molecule has 55 heavy (non-hydrogen) atoms. The molecule has 12 heteroatoms. The molecule has 3 aromatic carbocycles. The number of amides is 2. The van der Waals surface area contributed by atoms with Gasteiger partial charge in [0.15, 0.2) is 5.13 Å². The minimum absolute atomic E-state index is 0.151. The molecule has 0 aliphatic carbocycles. The van der Waals surface area contributed by atoms with Gasteiger partial charge >= 0.3 is 0 Å². The Morgan fingerprint density at radius 2 is 1.47 bits per heavy atom. The van der Waals surface area contributed by atoms with Crippen LogP contribution in [0.2, 0.25) is 0 Å². The molecule has 3 aliphatic heterocycles. The number of hydrogen-bond donors (Lipinski definition) is 1. The number of fused-ring (bicyclic) bond motifs is 1. The van der Waals surface area contributed by atoms with Gasteiger partial charge in [-0.1, -0.05) is 68.4 Å². The molecule has 2 saturated heterocycles. The first-order chi connectivity index (χ1) is 26.9. The van der Waals surface area contributed by atoms with Crippen molar-refractivity contribution in [3.63, 3.8) is 0 Å². The van der Waals surface area contributed by atoms with E-state index in [1.165, 1.54) is 30.1 Å². The minimum Gasteiger partial charge on any atom is -0.378 e. The molecule has 0 radical (unpaired) electrons. The van der Waals surface area contributed by atoms with Crippen molar-refractivity contribution in [2.24, 2.45) is 11.8 Å². The fourth-order valence-corrected chi connectivity index (χ4v) is 8.05. The van der Waals surface area contributed by atoms with Gasteiger partial charge in [0.1, 0.15) is 6.04 Å². The summed E-state index contributed by atoms with van der Waals surface area (Å²) in [7, 11) is 0. The highest BCUT2D eigenvalue weighted by Crippen LogP contribution is 2.35. The topological polar surface area (TPSA) is 99.7 Å². The first kappa shape index (κ1) is 39.1. The molecular weight excluding hydrogens is 713 g/mol. The summed E-state index contributed by atoms with van der Waals surface area (Å²) in [5, 5.41) is 5.22. The van der Waals surface area contributed by atoms with E-state index >= 15 is 0 Å². The number of carbonyl (C=O) groups is 2. The molecule has 292 valence electrons. The van der Waals surface area contributed by atoms with Crippen LogP contribution >= 0.6 is 11.3 Å². The van der Waals surface area contributed by atoms with Gasteiger partial charge in [-0.15, -0.1) is 11.3 Å². The van der Waals surface area contributed by atoms with Crippen LogP contribution < -0.4 is 10.2 Å². The number of nitrogens with zero attached hydrogens (tertiary/aromatic N) is 5. The minimum atomic E-state index is -0.779. The van der Waals surface area contributed by atoms with Gasteiger partial charge in [-0.25, -0.2) is 4.98 Å². The summed E-state index contributed by atoms with van der Waals surface area (Å²) in [5.41, 5.74) is 5.53. The smallest absolute Gasteiger partial charge is 0.255 e. The van der Waals surface area contributed by atoms with Crippen LogP contribution in [-0.2, 0) is 25.5 Å². The van der Waals surface area contributed by atoms with Crippen LogP contribution in [0.15, 0.2) is 84.4 Å². The molecule has 4 heterocycles. The SMILES string of the molecule is CC(C)C1CN(CCOCCOCCOCCN2CCN(c3ccc(-c4ccc5c(c4)C(=O)N(C(C(=O)Nc4nccs4)c4ccccc4)C5)cc3)CC2)C1. The fraction of sp³-hybridized carbons (Fsp3) is 0.465. The van der Waals surface area contributed by atoms with Crippen molar-refractivity contribution in [1.82, 2.24) is 19.7 Å². The van der Waals surface area contributed by atoms with Gasteiger partial charge in [0.05, 0.1) is 39.6 Å². The second kappa shape index (κ2) is 19.1. The van der Waals surface area contributed by atoms with E-state index in [4.69, 9.17) is 14.2 Å². The van der Waals surface area contributed by atoms with E-state index in [2.05, 4.69) is 69.2 Å². The average Bonchev–Trinajstić information content (AvgIpc) is 3.82. The van der Waals surface area contributed by atoms with E-state index in [-0.39, 0.29) is 11.8 Å². The maximum Gasteiger partial charge on any atom is 0.255 e. The lowest BCUT2D eigenvalue weighted by atomic mass is 9.88. The Morgan fingerprint density at radius 3 is 2.13 bits per heavy atom. The zero-order chi connectivity index (χ0) is 38.0. The number of benzene rings is 3. The Morgan fingerprint density at radius 1 is 0.818 bits per heavy atom. The van der Waals surface area contributed by atoms with Crippen LogP contribution in [0.5, 0.6) is 0 Å². The van der Waals surface area contributed by atoms with Crippen molar-refractivity contribution in [3.8, 4) is 11.1 Å². The van der Waals surface area contributed by atoms with Crippen molar-refractivity contribution in [2.45, 2.75) is 26.4 Å². The Hall–Kier alpha value is -4.17. The van der Waals surface area contributed by atoms with E-state index in [1.807, 2.05) is 47.8 Å². The van der Waals surface area contributed by atoms with Gasteiger partial charge in [0.25, 0.3) is 11.8 Å². The molecule has 4 aromatic rings. The zero-order valence-corrected chi connectivity index (χ0v) is 32.9. The van der Waals surface area contributed by atoms with Gasteiger partial charge in [-0.3, -0.25) is 19.8 Å². The highest BCUT2D eigenvalue weighted by Gasteiger charge is 2.38. The normalized spacial score (nSPS) is 17.1. The zero-order valence-electron chi connectivity index (χ0n) is 32.1. The Kier molecular flexibility index (Phi) is 13.6. The number of anilines is 2. The molecule has 1 unspecified atom stereocenters. The standard InChI is InChI=1S/C43H54N6O5S/c1-32(2)37-29-47(30-37)20-22-53-24-26-54-25-23-52-21-19-46-15-17-48(18-16-46)38-12-10-33(11-13-38)35-8-9-36-31-49(42(51)39(36)28-35)40(34-6-4-3-5-7-34)41(50)45-43-44-14-27-55-43/h3-14,27-28,32,37,40H,15-26,29-31H2,1-2H3,(H,44,45,50). The predicted octanol–water partition coefficient (Wildman–Crippen LogP) is 5.91. The van der Waals surface area contributed by atoms with Crippen molar-refractivity contribution < 1.29 is 23.8 Å². The largest absolute Gasteiger partial charge is 0.378 e. The molecule has 1 N–H and O–H groups in total. The van der Waals surface area contributed by atoms with Crippen LogP contribution in [0.3, 0.4) is 0 Å². The quantitative estimate of drug-likeness (QED) is 0.117. The number of aromatic nitrogens is 1. The van der Waals surface area contributed by atoms with Crippen LogP contribution in [0.4, 0.5) is 10.8 Å². The van der Waals surface area contributed by atoms with E-state index in [0.29, 0.717) is 50.3 Å². The third kappa shape index (κ3) is 10.2. The van der Waals surface area contributed by atoms with E-state index < -0.39 is 6.04 Å². The number of thiazole rings is 1. The van der Waals surface area contributed by atoms with E-state index in [0.717, 1.165) is 80.0 Å². The maximum atomic E-state index is 13.9. The third-order valence-corrected chi connectivity index (χ3v) is 11.7. The number of rotatable bonds is 19. The summed E-state index contributed by atoms with van der Waals surface area (Å²) in [6, 6.07) is 23.3. The Balaban J connectivity index is 0.814. The molecule has 1 atom stereocenters. The number of ether oxygens (including phenoxy) is 3. The molecule has 7 rings (SSSR count). The van der Waals surface area contributed by atoms with Gasteiger partial charge in [-0.2, -0.15) is 0 Å². The molecule has 11 nitrogen and oxygen atoms in total. The van der Waals surface area contributed by atoms with Crippen molar-refractivity contribution >= 4 is 34.0 Å². The molecule has 2 fully saturated rings. The van der Waals surface area contributed by atoms with Crippen LogP contribution in [0.1, 0.15) is 41.4 Å². The summed E-state index contributed by atoms with van der Waals surface area (Å²) in [4.78, 5) is 40.7. The van der Waals surface area contributed by atoms with E-state index in [9.17, 15) is 9.59 Å². The lowest BCUT2D eigenvalue weighted by Gasteiger charge is -2.41. The molecule has 2 amide bonds. The van der Waals surface area contributed by atoms with Gasteiger partial charge in [-0.05, 0) is 52.3 Å². The van der Waals surface area contributed by atoms with Crippen molar-refractivity contribution in [2.75, 3.05) is 102 Å². The Labute approximate surface area is 329 Å². The molecule has 3 aliphatic rings. The van der Waals surface area contributed by atoms with Crippen molar-refractivity contribution in [1.29, 1.82) is 0 Å². The van der Waals surface area contributed by atoms with Gasteiger partial charge < -0.3 is 28.9 Å². The molecule has 0 saturated carbocycles. The lowest BCUT2D eigenvalue weighted by Crippen LogP contribution is -2.50. The van der Waals surface area contributed by atoms with Gasteiger partial charge in [0, 0.05) is 81.7 Å². The highest BCUT2D eigenvalue weighted by atomic mass is 32.1. The Bertz CT molecular complexity index is 1810. The fourth-order valence-electron chi connectivity index (χ4n) is 7.52. The summed E-state index contributed by atoms with van der Waals surface area (Å²) in [5.74, 6) is 1.20. The highest BCUT2D eigenvalue weighted by molar-refractivity contribution is 7.13. The number of nitrogens with one attached hydrogen (secondary N) is 1. The third-order valence-electron chi connectivity index (χ3n) is 11.0. The first-order valence-corrected chi connectivity index (χ1v) is 20.5. The molecular formula is C43H54N6O5S. The van der Waals surface area contributed by atoms with Gasteiger partial charge in [0.2, 0.25) is 0 Å². The van der Waals surface area contributed by atoms with Crippen LogP contribution in [-0.4, -0.2) is 123 Å². The number of piperazine rings is 1. The number of hydrogen-bond acceptors (Lipinski definition) is 10. The lowest BCUT2D eigenvalue weighted by molar-refractivity contribution is -0.120. The van der Waals surface area contributed by atoms with Crippen molar-refractivity contribution in [3.05, 3.63) is 101 Å². The number of likely N-dealkylation sites (tertiary alicyclic amines) is 1. The average molecular weight is 767 g/mol. The first-order valence-electron chi connectivity index (χ1n) is 19.7. The predicted molar refractivity (Wildman–Crippen MR) is 218 cm³/mol. The molecule has 0 spiro atoms. The summed E-state index contributed by atoms with van der Waals surface area (Å²) < 4.78 is 17.2. The summed E-state index contributed by atoms with van der Waals surface area (Å²) in [6.07, 6.45) is 1.65. The molecule has 0 bridgehead atoms. The number of carbonyl (C=O) groups excluding carboxylic acids is 2. The monoisotopic (exact) mass is 766 g/mol. The second-order valence-corrected chi connectivity index (χ2v) is 15.8.